The second-order valence-corrected chi connectivity index (χ2v) is 5.07. The molecule has 1 fully saturated rings. The second kappa shape index (κ2) is 7.02. The first-order valence-corrected chi connectivity index (χ1v) is 6.86. The summed E-state index contributed by atoms with van der Waals surface area (Å²) in [6.45, 7) is 0. The van der Waals surface area contributed by atoms with Crippen molar-refractivity contribution >= 4 is 5.97 Å². The zero-order chi connectivity index (χ0) is 15.2. The lowest BCUT2D eigenvalue weighted by molar-refractivity contribution is -0.146. The first-order valence-electron chi connectivity index (χ1n) is 6.86. The number of aliphatic hydroxyl groups excluding tert-OH is 1. The smallest absolute Gasteiger partial charge is 0.337 e. The number of carboxylic acids is 1. The summed E-state index contributed by atoms with van der Waals surface area (Å²) in [6, 6.07) is 19.2. The number of benzene rings is 2. The predicted molar refractivity (Wildman–Crippen MR) is 80.8 cm³/mol. The first-order chi connectivity index (χ1) is 10.1. The molecule has 1 aliphatic rings. The number of rotatable bonds is 3. The van der Waals surface area contributed by atoms with Crippen molar-refractivity contribution in [3.63, 3.8) is 0 Å². The Morgan fingerprint density at radius 3 is 1.95 bits per heavy atom. The van der Waals surface area contributed by atoms with E-state index in [1.54, 1.807) is 30.3 Å². The number of aliphatic carboxylic acids is 1. The predicted octanol–water partition coefficient (Wildman–Crippen LogP) is 2.31. The van der Waals surface area contributed by atoms with Gasteiger partial charge in [0.05, 0.1) is 0 Å². The Labute approximate surface area is 123 Å². The van der Waals surface area contributed by atoms with Gasteiger partial charge in [-0.1, -0.05) is 60.7 Å². The van der Waals surface area contributed by atoms with Crippen molar-refractivity contribution in [2.45, 2.75) is 24.5 Å². The molecule has 0 saturated heterocycles. The third-order valence-corrected chi connectivity index (χ3v) is 3.42. The first kappa shape index (κ1) is 15.2. The maximum Gasteiger partial charge on any atom is 0.337 e. The van der Waals surface area contributed by atoms with Gasteiger partial charge in [0.1, 0.15) is 0 Å². The van der Waals surface area contributed by atoms with Crippen LogP contribution < -0.4 is 5.73 Å². The minimum absolute atomic E-state index is 0.403. The molecule has 4 nitrogen and oxygen atoms in total. The van der Waals surface area contributed by atoms with E-state index in [-0.39, 0.29) is 0 Å². The van der Waals surface area contributed by atoms with E-state index in [0.29, 0.717) is 17.5 Å². The van der Waals surface area contributed by atoms with Crippen molar-refractivity contribution in [2.75, 3.05) is 0 Å². The molecule has 0 heterocycles. The minimum Gasteiger partial charge on any atom is -0.479 e. The number of aliphatic hydroxyl groups is 1. The maximum absolute atomic E-state index is 10.2. The van der Waals surface area contributed by atoms with Gasteiger partial charge in [0.25, 0.3) is 0 Å². The molecule has 0 aromatic heterocycles. The Hall–Kier alpha value is -2.17. The summed E-state index contributed by atoms with van der Waals surface area (Å²) >= 11 is 0. The van der Waals surface area contributed by atoms with Crippen LogP contribution in [-0.4, -0.2) is 22.2 Å². The van der Waals surface area contributed by atoms with Crippen LogP contribution in [0.1, 0.15) is 29.6 Å². The number of hydrogen-bond donors (Lipinski definition) is 3. The summed E-state index contributed by atoms with van der Waals surface area (Å²) in [4.78, 5) is 10.2. The lowest BCUT2D eigenvalue weighted by Gasteiger charge is -2.03. The normalized spacial score (nSPS) is 20.9. The number of carboxylic acid groups (broad SMARTS) is 1. The van der Waals surface area contributed by atoms with Crippen molar-refractivity contribution in [2.24, 2.45) is 5.73 Å². The highest BCUT2D eigenvalue weighted by Crippen LogP contribution is 2.38. The molecule has 4 N–H and O–H groups in total. The Bertz CT molecular complexity index is 571. The molecule has 3 atom stereocenters. The standard InChI is InChI=1S/C9H11N.C8H8O3/c10-9-6-8(9)7-4-2-1-3-5-7;9-7(8(10)11)6-4-2-1-3-5-6/h1-5,8-9H,6,10H2;1-5,7,9H,(H,10,11)/t8?,9-;7-/m11/s1. The van der Waals surface area contributed by atoms with Crippen molar-refractivity contribution in [1.29, 1.82) is 0 Å². The molecule has 1 unspecified atom stereocenters. The van der Waals surface area contributed by atoms with Crippen molar-refractivity contribution < 1.29 is 15.0 Å². The summed E-state index contributed by atoms with van der Waals surface area (Å²) < 4.78 is 0. The highest BCUT2D eigenvalue weighted by molar-refractivity contribution is 5.73. The van der Waals surface area contributed by atoms with Crippen LogP contribution in [0.15, 0.2) is 60.7 Å². The van der Waals surface area contributed by atoms with E-state index in [2.05, 4.69) is 24.3 Å². The number of nitrogens with two attached hydrogens (primary N) is 1. The SMILES string of the molecule is N[C@@H]1CC1c1ccccc1.O=C(O)[C@H](O)c1ccccc1. The van der Waals surface area contributed by atoms with Gasteiger partial charge in [-0.05, 0) is 17.5 Å². The fourth-order valence-corrected chi connectivity index (χ4v) is 2.08. The Morgan fingerprint density at radius 1 is 1.05 bits per heavy atom. The van der Waals surface area contributed by atoms with E-state index in [1.807, 2.05) is 6.07 Å². The monoisotopic (exact) mass is 285 g/mol. The van der Waals surface area contributed by atoms with Crippen molar-refractivity contribution in [3.8, 4) is 0 Å². The third-order valence-electron chi connectivity index (χ3n) is 3.42. The molecular formula is C17H19NO3. The minimum atomic E-state index is -1.41. The fraction of sp³-hybridized carbons (Fsp3) is 0.235. The van der Waals surface area contributed by atoms with Crippen LogP contribution >= 0.6 is 0 Å². The van der Waals surface area contributed by atoms with Gasteiger partial charge in [-0.3, -0.25) is 0 Å². The molecule has 4 heteroatoms. The summed E-state index contributed by atoms with van der Waals surface area (Å²) in [7, 11) is 0. The van der Waals surface area contributed by atoms with Gasteiger partial charge >= 0.3 is 5.97 Å². The summed E-state index contributed by atoms with van der Waals surface area (Å²) in [6.07, 6.45) is -0.236. The molecule has 2 aromatic carbocycles. The number of hydrogen-bond acceptors (Lipinski definition) is 3. The zero-order valence-electron chi connectivity index (χ0n) is 11.6. The van der Waals surface area contributed by atoms with E-state index in [9.17, 15) is 4.79 Å². The van der Waals surface area contributed by atoms with Gasteiger partial charge < -0.3 is 15.9 Å². The fourth-order valence-electron chi connectivity index (χ4n) is 2.08. The van der Waals surface area contributed by atoms with Crippen LogP contribution in [0.4, 0.5) is 0 Å². The van der Waals surface area contributed by atoms with Gasteiger partial charge in [-0.2, -0.15) is 0 Å². The summed E-state index contributed by atoms with van der Waals surface area (Å²) in [5.41, 5.74) is 7.50. The van der Waals surface area contributed by atoms with E-state index in [4.69, 9.17) is 15.9 Å². The lowest BCUT2D eigenvalue weighted by Crippen LogP contribution is -2.09. The molecule has 2 aromatic rings. The van der Waals surface area contributed by atoms with Crippen LogP contribution in [0.5, 0.6) is 0 Å². The Balaban J connectivity index is 0.000000154. The average Bonchev–Trinajstić information content (AvgIpc) is 3.26. The van der Waals surface area contributed by atoms with Crippen molar-refractivity contribution in [1.82, 2.24) is 0 Å². The van der Waals surface area contributed by atoms with Crippen LogP contribution in [0.2, 0.25) is 0 Å². The van der Waals surface area contributed by atoms with Gasteiger partial charge in [0.2, 0.25) is 0 Å². The Kier molecular flexibility index (Phi) is 5.09. The lowest BCUT2D eigenvalue weighted by atomic mass is 10.1. The van der Waals surface area contributed by atoms with Crippen LogP contribution in [0.3, 0.4) is 0 Å². The molecule has 0 aliphatic heterocycles. The molecule has 110 valence electrons. The topological polar surface area (TPSA) is 83.6 Å². The molecular weight excluding hydrogens is 266 g/mol. The van der Waals surface area contributed by atoms with Crippen LogP contribution in [0.25, 0.3) is 0 Å². The highest BCUT2D eigenvalue weighted by Gasteiger charge is 2.34. The van der Waals surface area contributed by atoms with E-state index >= 15 is 0 Å². The largest absolute Gasteiger partial charge is 0.479 e. The highest BCUT2D eigenvalue weighted by atomic mass is 16.4. The van der Waals surface area contributed by atoms with Crippen LogP contribution in [0, 0.1) is 0 Å². The molecule has 0 radical (unpaired) electrons. The molecule has 1 saturated carbocycles. The molecule has 3 rings (SSSR count). The van der Waals surface area contributed by atoms with Gasteiger partial charge in [-0.25, -0.2) is 4.79 Å². The average molecular weight is 285 g/mol. The molecule has 0 amide bonds. The van der Waals surface area contributed by atoms with Gasteiger partial charge in [0.15, 0.2) is 6.10 Å². The zero-order valence-corrected chi connectivity index (χ0v) is 11.6. The quantitative estimate of drug-likeness (QED) is 0.808. The van der Waals surface area contributed by atoms with Crippen molar-refractivity contribution in [3.05, 3.63) is 71.8 Å². The molecule has 21 heavy (non-hydrogen) atoms. The van der Waals surface area contributed by atoms with E-state index in [1.165, 1.54) is 12.0 Å². The maximum atomic E-state index is 10.2. The van der Waals surface area contributed by atoms with E-state index in [0.717, 1.165) is 0 Å². The third kappa shape index (κ3) is 4.41. The molecule has 1 aliphatic carbocycles. The molecule has 0 bridgehead atoms. The van der Waals surface area contributed by atoms with E-state index < -0.39 is 12.1 Å². The Morgan fingerprint density at radius 2 is 1.52 bits per heavy atom. The summed E-state index contributed by atoms with van der Waals surface area (Å²) in [5, 5.41) is 17.4. The summed E-state index contributed by atoms with van der Waals surface area (Å²) in [5.74, 6) is -0.572. The van der Waals surface area contributed by atoms with Crippen LogP contribution in [-0.2, 0) is 4.79 Å². The molecule has 0 spiro atoms. The number of carbonyl (C=O) groups is 1. The van der Waals surface area contributed by atoms with Gasteiger partial charge in [-0.15, -0.1) is 0 Å². The second-order valence-electron chi connectivity index (χ2n) is 5.07. The van der Waals surface area contributed by atoms with Gasteiger partial charge in [0, 0.05) is 12.0 Å².